The number of non-ortho nitro benzene ring substituents is 1. The fraction of sp³-hybridized carbons (Fsp3) is 0.150. The van der Waals surface area contributed by atoms with Crippen molar-refractivity contribution in [1.82, 2.24) is 0 Å². The number of allylic oxidation sites excluding steroid dienone is 1. The summed E-state index contributed by atoms with van der Waals surface area (Å²) < 4.78 is 9.95. The third-order valence-electron chi connectivity index (χ3n) is 3.25. The van der Waals surface area contributed by atoms with E-state index in [4.69, 9.17) is 14.6 Å². The number of hydrogen-bond acceptors (Lipinski definition) is 7. The van der Waals surface area contributed by atoms with Crippen molar-refractivity contribution < 1.29 is 33.9 Å². The third kappa shape index (κ3) is 7.63. The molecule has 2 aromatic rings. The molecule has 0 aliphatic rings. The topological polar surface area (TPSA) is 133 Å². The molecule has 0 saturated carbocycles. The largest absolute Gasteiger partial charge is 0.478 e. The molecule has 0 aliphatic carbocycles. The van der Waals surface area contributed by atoms with Crippen LogP contribution in [-0.4, -0.2) is 27.9 Å². The van der Waals surface area contributed by atoms with Gasteiger partial charge < -0.3 is 14.6 Å². The predicted octanol–water partition coefficient (Wildman–Crippen LogP) is 3.86. The number of rotatable bonds is 5. The van der Waals surface area contributed by atoms with Gasteiger partial charge in [0, 0.05) is 37.6 Å². The first kappa shape index (κ1) is 23.0. The zero-order chi connectivity index (χ0) is 22.1. The van der Waals surface area contributed by atoms with E-state index < -0.39 is 22.8 Å². The van der Waals surface area contributed by atoms with Gasteiger partial charge in [-0.3, -0.25) is 19.7 Å². The maximum Gasteiger partial charge on any atom is 0.335 e. The van der Waals surface area contributed by atoms with Crippen LogP contribution in [0.2, 0.25) is 0 Å². The van der Waals surface area contributed by atoms with Crippen molar-refractivity contribution in [2.24, 2.45) is 0 Å². The van der Waals surface area contributed by atoms with E-state index in [9.17, 15) is 24.5 Å². The lowest BCUT2D eigenvalue weighted by Gasteiger charge is -2.10. The second kappa shape index (κ2) is 10.4. The minimum atomic E-state index is -1.09. The third-order valence-corrected chi connectivity index (χ3v) is 3.25. The minimum absolute atomic E-state index is 0.0422. The molecule has 0 unspecified atom stereocenters. The molecule has 0 amide bonds. The van der Waals surface area contributed by atoms with E-state index in [0.29, 0.717) is 17.1 Å². The van der Waals surface area contributed by atoms with Crippen LogP contribution in [0.4, 0.5) is 5.69 Å². The number of nitro groups is 1. The first-order chi connectivity index (χ1) is 13.5. The Morgan fingerprint density at radius 2 is 1.52 bits per heavy atom. The molecule has 0 atom stereocenters. The van der Waals surface area contributed by atoms with Crippen molar-refractivity contribution in [3.05, 3.63) is 70.3 Å². The van der Waals surface area contributed by atoms with Crippen LogP contribution in [0.1, 0.15) is 36.7 Å². The number of hydrogen-bond donors (Lipinski definition) is 1. The molecule has 2 rings (SSSR count). The fourth-order valence-electron chi connectivity index (χ4n) is 2.05. The van der Waals surface area contributed by atoms with Crippen LogP contribution in [0.25, 0.3) is 5.57 Å². The average Bonchev–Trinajstić information content (AvgIpc) is 2.61. The monoisotopic (exact) mass is 401 g/mol. The lowest BCUT2D eigenvalue weighted by Crippen LogP contribution is -2.05. The number of benzene rings is 2. The van der Waals surface area contributed by atoms with Gasteiger partial charge in [0.25, 0.3) is 5.69 Å². The molecule has 0 aromatic heterocycles. The van der Waals surface area contributed by atoms with Crippen LogP contribution in [0, 0.1) is 10.1 Å². The van der Waals surface area contributed by atoms with Gasteiger partial charge in [0.05, 0.1) is 10.5 Å². The Morgan fingerprint density at radius 1 is 0.966 bits per heavy atom. The maximum atomic E-state index is 11.0. The van der Waals surface area contributed by atoms with Gasteiger partial charge in [-0.15, -0.1) is 0 Å². The van der Waals surface area contributed by atoms with E-state index in [1.165, 1.54) is 32.0 Å². The van der Waals surface area contributed by atoms with E-state index in [-0.39, 0.29) is 11.3 Å². The number of carbonyl (C=O) groups is 3. The molecule has 2 aromatic carbocycles. The molecule has 0 bridgehead atoms. The van der Waals surface area contributed by atoms with Gasteiger partial charge in [0.15, 0.2) is 0 Å². The van der Waals surface area contributed by atoms with Gasteiger partial charge in [-0.1, -0.05) is 6.58 Å². The number of carbonyl (C=O) groups excluding carboxylic acids is 2. The molecule has 29 heavy (non-hydrogen) atoms. The van der Waals surface area contributed by atoms with Crippen LogP contribution >= 0.6 is 0 Å². The van der Waals surface area contributed by atoms with Crippen molar-refractivity contribution in [3.63, 3.8) is 0 Å². The van der Waals surface area contributed by atoms with Crippen LogP contribution in [-0.2, 0) is 9.59 Å². The lowest BCUT2D eigenvalue weighted by atomic mass is 10.1. The van der Waals surface area contributed by atoms with Gasteiger partial charge >= 0.3 is 17.9 Å². The van der Waals surface area contributed by atoms with Crippen molar-refractivity contribution in [2.75, 3.05) is 0 Å². The summed E-state index contributed by atoms with van der Waals surface area (Å²) in [6.07, 6.45) is 0. The Hall–Kier alpha value is -4.01. The van der Waals surface area contributed by atoms with E-state index >= 15 is 0 Å². The molecular weight excluding hydrogens is 382 g/mol. The number of ether oxygens (including phenoxy) is 2. The summed E-state index contributed by atoms with van der Waals surface area (Å²) >= 11 is 0. The highest BCUT2D eigenvalue weighted by atomic mass is 16.6. The smallest absolute Gasteiger partial charge is 0.335 e. The van der Waals surface area contributed by atoms with Crippen LogP contribution in [0.5, 0.6) is 11.5 Å². The molecule has 0 aliphatic heterocycles. The highest BCUT2D eigenvalue weighted by Gasteiger charge is 2.10. The SMILES string of the molecule is C=C(C)c1ccc(OC(C)=O)cc1OC(C)=O.O=C(O)c1ccc([N+](=O)[O-])cc1. The molecule has 0 radical (unpaired) electrons. The van der Waals surface area contributed by atoms with E-state index in [1.54, 1.807) is 19.1 Å². The van der Waals surface area contributed by atoms with Crippen molar-refractivity contribution in [3.8, 4) is 11.5 Å². The molecule has 1 N–H and O–H groups in total. The molecule has 9 nitrogen and oxygen atoms in total. The van der Waals surface area contributed by atoms with Crippen molar-refractivity contribution in [2.45, 2.75) is 20.8 Å². The molecule has 152 valence electrons. The Balaban J connectivity index is 0.000000308. The number of nitro benzene ring substituents is 1. The maximum absolute atomic E-state index is 11.0. The average molecular weight is 401 g/mol. The molecule has 0 spiro atoms. The molecular formula is C20H19NO8. The zero-order valence-electron chi connectivity index (χ0n) is 16.0. The van der Waals surface area contributed by atoms with Gasteiger partial charge in [0.1, 0.15) is 11.5 Å². The van der Waals surface area contributed by atoms with Gasteiger partial charge in [-0.2, -0.15) is 0 Å². The lowest BCUT2D eigenvalue weighted by molar-refractivity contribution is -0.384. The normalized spacial score (nSPS) is 9.48. The summed E-state index contributed by atoms with van der Waals surface area (Å²) in [4.78, 5) is 41.7. The molecule has 0 heterocycles. The summed E-state index contributed by atoms with van der Waals surface area (Å²) in [6.45, 7) is 8.19. The van der Waals surface area contributed by atoms with Gasteiger partial charge in [-0.05, 0) is 36.8 Å². The van der Waals surface area contributed by atoms with Crippen LogP contribution in [0.15, 0.2) is 49.0 Å². The molecule has 9 heteroatoms. The van der Waals surface area contributed by atoms with Gasteiger partial charge in [-0.25, -0.2) is 4.79 Å². The zero-order valence-corrected chi connectivity index (χ0v) is 16.0. The Morgan fingerprint density at radius 3 is 1.93 bits per heavy atom. The number of aromatic carboxylic acids is 1. The number of nitrogens with zero attached hydrogens (tertiary/aromatic N) is 1. The van der Waals surface area contributed by atoms with Gasteiger partial charge in [0.2, 0.25) is 0 Å². The van der Waals surface area contributed by atoms with Crippen molar-refractivity contribution >= 4 is 29.2 Å². The van der Waals surface area contributed by atoms with Crippen LogP contribution in [0.3, 0.4) is 0 Å². The van der Waals surface area contributed by atoms with E-state index in [0.717, 1.165) is 17.7 Å². The molecule has 0 fully saturated rings. The summed E-state index contributed by atoms with van der Waals surface area (Å²) in [5.41, 5.74) is 1.40. The summed E-state index contributed by atoms with van der Waals surface area (Å²) in [5, 5.41) is 18.6. The summed E-state index contributed by atoms with van der Waals surface area (Å²) in [6, 6.07) is 9.51. The Bertz CT molecular complexity index is 914. The Kier molecular flexibility index (Phi) is 8.22. The second-order valence-corrected chi connectivity index (χ2v) is 5.73. The summed E-state index contributed by atoms with van der Waals surface area (Å²) in [5.74, 6) is -1.29. The Labute approximate surface area is 166 Å². The number of carboxylic acids is 1. The molecule has 0 saturated heterocycles. The number of esters is 2. The fourth-order valence-corrected chi connectivity index (χ4v) is 2.05. The first-order valence-corrected chi connectivity index (χ1v) is 8.15. The number of carboxylic acid groups (broad SMARTS) is 1. The van der Waals surface area contributed by atoms with E-state index in [2.05, 4.69) is 6.58 Å². The van der Waals surface area contributed by atoms with Crippen LogP contribution < -0.4 is 9.47 Å². The van der Waals surface area contributed by atoms with Crippen molar-refractivity contribution in [1.29, 1.82) is 0 Å². The van der Waals surface area contributed by atoms with E-state index in [1.807, 2.05) is 0 Å². The minimum Gasteiger partial charge on any atom is -0.478 e. The highest BCUT2D eigenvalue weighted by molar-refractivity contribution is 5.87. The predicted molar refractivity (Wildman–Crippen MR) is 104 cm³/mol. The standard InChI is InChI=1S/C13H14O4.C7H5NO4/c1-8(2)12-6-5-11(16-9(3)14)7-13(12)17-10(4)15;9-7(10)5-1-3-6(4-2-5)8(11)12/h5-7H,1H2,2-4H3;1-4H,(H,9,10). The first-order valence-electron chi connectivity index (χ1n) is 8.15. The highest BCUT2D eigenvalue weighted by Crippen LogP contribution is 2.29. The quantitative estimate of drug-likeness (QED) is 0.345. The second-order valence-electron chi connectivity index (χ2n) is 5.73. The summed E-state index contributed by atoms with van der Waals surface area (Å²) in [7, 11) is 0.